The van der Waals surface area contributed by atoms with Crippen LogP contribution in [-0.4, -0.2) is 36.6 Å². The number of hydrogen-bond acceptors (Lipinski definition) is 6. The normalized spacial score (nSPS) is 22.7. The number of aromatic amines is 2. The number of benzene rings is 1. The highest BCUT2D eigenvalue weighted by Gasteiger charge is 2.42. The second kappa shape index (κ2) is 6.41. The third kappa shape index (κ3) is 2.72. The molecular formula is C18H16N6O2. The number of aliphatic hydroxyl groups is 1. The van der Waals surface area contributed by atoms with E-state index in [1.54, 1.807) is 54.9 Å². The second-order valence-electron chi connectivity index (χ2n) is 5.85. The van der Waals surface area contributed by atoms with Crippen LogP contribution in [0.4, 0.5) is 5.69 Å². The number of H-pyrrole nitrogens is 2. The van der Waals surface area contributed by atoms with Gasteiger partial charge in [0.2, 0.25) is 0 Å². The summed E-state index contributed by atoms with van der Waals surface area (Å²) in [7, 11) is 0. The molecule has 2 aromatic heterocycles. The van der Waals surface area contributed by atoms with Crippen LogP contribution in [0.3, 0.4) is 0 Å². The first kappa shape index (κ1) is 16.0. The lowest BCUT2D eigenvalue weighted by molar-refractivity contribution is 0.0714. The Hall–Kier alpha value is -3.52. The molecule has 4 rings (SSSR count). The standard InChI is InChI=1S/C18H16N6O2/c25-15-6-2-1-5-14(15)22-24-17-12(13-7-10-19-21-13)4-3-9-18(17,26)16-8-11-20-23-16/h1-11,17,25-26H,(H,19,21)(H,20,23). The van der Waals surface area contributed by atoms with Crippen LogP contribution in [0.25, 0.3) is 5.57 Å². The van der Waals surface area contributed by atoms with Crippen molar-refractivity contribution < 1.29 is 10.2 Å². The molecule has 0 amide bonds. The molecule has 2 heterocycles. The number of para-hydroxylation sites is 1. The average Bonchev–Trinajstić information content (AvgIpc) is 3.36. The van der Waals surface area contributed by atoms with Gasteiger partial charge < -0.3 is 10.2 Å². The lowest BCUT2D eigenvalue weighted by atomic mass is 9.81. The quantitative estimate of drug-likeness (QED) is 0.541. The van der Waals surface area contributed by atoms with Crippen molar-refractivity contribution in [3.8, 4) is 5.75 Å². The van der Waals surface area contributed by atoms with Crippen molar-refractivity contribution in [2.24, 2.45) is 10.2 Å². The number of phenols is 1. The van der Waals surface area contributed by atoms with Crippen LogP contribution in [0, 0.1) is 0 Å². The number of azo groups is 1. The summed E-state index contributed by atoms with van der Waals surface area (Å²) in [6, 6.07) is 9.33. The van der Waals surface area contributed by atoms with Crippen molar-refractivity contribution in [3.05, 3.63) is 78.4 Å². The molecule has 0 spiro atoms. The molecule has 1 aliphatic rings. The Morgan fingerprint density at radius 1 is 1.04 bits per heavy atom. The van der Waals surface area contributed by atoms with E-state index in [0.717, 1.165) is 0 Å². The predicted molar refractivity (Wildman–Crippen MR) is 94.6 cm³/mol. The van der Waals surface area contributed by atoms with Crippen LogP contribution >= 0.6 is 0 Å². The molecule has 0 aliphatic heterocycles. The largest absolute Gasteiger partial charge is 0.506 e. The van der Waals surface area contributed by atoms with Crippen molar-refractivity contribution in [2.75, 3.05) is 0 Å². The van der Waals surface area contributed by atoms with Gasteiger partial charge in [0.15, 0.2) is 5.60 Å². The van der Waals surface area contributed by atoms with Gasteiger partial charge in [0.1, 0.15) is 17.5 Å². The zero-order chi connectivity index (χ0) is 18.0. The van der Waals surface area contributed by atoms with Crippen molar-refractivity contribution in [3.63, 3.8) is 0 Å². The Morgan fingerprint density at radius 2 is 1.85 bits per heavy atom. The molecule has 3 aromatic rings. The molecule has 1 aromatic carbocycles. The van der Waals surface area contributed by atoms with E-state index >= 15 is 0 Å². The van der Waals surface area contributed by atoms with Gasteiger partial charge in [-0.15, -0.1) is 0 Å². The summed E-state index contributed by atoms with van der Waals surface area (Å²) < 4.78 is 0. The number of hydrogen-bond donors (Lipinski definition) is 4. The van der Waals surface area contributed by atoms with Gasteiger partial charge in [-0.05, 0) is 30.3 Å². The van der Waals surface area contributed by atoms with Crippen LogP contribution in [0.2, 0.25) is 0 Å². The number of aromatic nitrogens is 4. The van der Waals surface area contributed by atoms with Crippen LogP contribution in [0.1, 0.15) is 11.4 Å². The van der Waals surface area contributed by atoms with Crippen LogP contribution in [0.5, 0.6) is 5.75 Å². The minimum Gasteiger partial charge on any atom is -0.506 e. The average molecular weight is 348 g/mol. The van der Waals surface area contributed by atoms with Crippen molar-refractivity contribution in [1.29, 1.82) is 0 Å². The molecule has 4 N–H and O–H groups in total. The summed E-state index contributed by atoms with van der Waals surface area (Å²) in [4.78, 5) is 0. The molecular weight excluding hydrogens is 332 g/mol. The molecule has 2 atom stereocenters. The summed E-state index contributed by atoms with van der Waals surface area (Å²) in [6.07, 6.45) is 8.42. The minimum atomic E-state index is -1.47. The van der Waals surface area contributed by atoms with Gasteiger partial charge in [0, 0.05) is 18.0 Å². The van der Waals surface area contributed by atoms with Gasteiger partial charge in [0.05, 0.1) is 11.4 Å². The number of aromatic hydroxyl groups is 1. The molecule has 1 aliphatic carbocycles. The molecule has 0 saturated carbocycles. The van der Waals surface area contributed by atoms with E-state index in [-0.39, 0.29) is 5.75 Å². The summed E-state index contributed by atoms with van der Waals surface area (Å²) in [6.45, 7) is 0. The van der Waals surface area contributed by atoms with E-state index in [1.165, 1.54) is 6.07 Å². The van der Waals surface area contributed by atoms with E-state index in [4.69, 9.17) is 0 Å². The maximum absolute atomic E-state index is 11.4. The Bertz CT molecular complexity index is 975. The highest BCUT2D eigenvalue weighted by molar-refractivity contribution is 5.72. The van der Waals surface area contributed by atoms with Gasteiger partial charge in [-0.3, -0.25) is 10.2 Å². The summed E-state index contributed by atoms with van der Waals surface area (Å²) in [5.41, 5.74) is 0.757. The third-order valence-corrected chi connectivity index (χ3v) is 4.24. The van der Waals surface area contributed by atoms with Crippen molar-refractivity contribution in [1.82, 2.24) is 20.4 Å². The molecule has 0 saturated heterocycles. The second-order valence-corrected chi connectivity index (χ2v) is 5.85. The van der Waals surface area contributed by atoms with E-state index in [1.807, 2.05) is 6.08 Å². The predicted octanol–water partition coefficient (Wildman–Crippen LogP) is 2.83. The van der Waals surface area contributed by atoms with Gasteiger partial charge in [-0.1, -0.05) is 24.3 Å². The number of nitrogens with one attached hydrogen (secondary N) is 2. The summed E-state index contributed by atoms with van der Waals surface area (Å²) in [5, 5.41) is 43.4. The molecule has 8 nitrogen and oxygen atoms in total. The molecule has 130 valence electrons. The minimum absolute atomic E-state index is 0.0137. The van der Waals surface area contributed by atoms with Gasteiger partial charge in [-0.25, -0.2) is 0 Å². The Kier molecular flexibility index (Phi) is 3.94. The zero-order valence-corrected chi connectivity index (χ0v) is 13.6. The first-order valence-corrected chi connectivity index (χ1v) is 7.99. The lowest BCUT2D eigenvalue weighted by Gasteiger charge is -2.32. The zero-order valence-electron chi connectivity index (χ0n) is 13.6. The highest BCUT2D eigenvalue weighted by atomic mass is 16.3. The van der Waals surface area contributed by atoms with Gasteiger partial charge in [0.25, 0.3) is 0 Å². The number of nitrogens with zero attached hydrogens (tertiary/aromatic N) is 4. The Balaban J connectivity index is 1.80. The smallest absolute Gasteiger partial charge is 0.152 e. The van der Waals surface area contributed by atoms with E-state index in [0.29, 0.717) is 22.6 Å². The van der Waals surface area contributed by atoms with Gasteiger partial charge >= 0.3 is 0 Å². The monoisotopic (exact) mass is 348 g/mol. The molecule has 0 bridgehead atoms. The molecule has 0 fully saturated rings. The first-order chi connectivity index (χ1) is 12.7. The van der Waals surface area contributed by atoms with E-state index < -0.39 is 11.6 Å². The number of phenolic OH excluding ortho intramolecular Hbond substituents is 1. The molecule has 8 heteroatoms. The number of allylic oxidation sites excluding steroid dienone is 2. The fraction of sp³-hybridized carbons (Fsp3) is 0.111. The van der Waals surface area contributed by atoms with Crippen molar-refractivity contribution >= 4 is 11.3 Å². The van der Waals surface area contributed by atoms with Crippen LogP contribution < -0.4 is 0 Å². The SMILES string of the molecule is Oc1ccccc1N=NC1C(c2ccn[nH]2)=CC=CC1(O)c1ccn[nH]1. The van der Waals surface area contributed by atoms with Crippen molar-refractivity contribution in [2.45, 2.75) is 11.6 Å². The fourth-order valence-corrected chi connectivity index (χ4v) is 2.91. The van der Waals surface area contributed by atoms with E-state index in [2.05, 4.69) is 30.6 Å². The van der Waals surface area contributed by atoms with Crippen LogP contribution in [-0.2, 0) is 5.60 Å². The topological polar surface area (TPSA) is 123 Å². The van der Waals surface area contributed by atoms with Gasteiger partial charge in [-0.2, -0.15) is 20.4 Å². The fourth-order valence-electron chi connectivity index (χ4n) is 2.91. The third-order valence-electron chi connectivity index (χ3n) is 4.24. The number of rotatable bonds is 4. The maximum Gasteiger partial charge on any atom is 0.152 e. The molecule has 2 unspecified atom stereocenters. The Morgan fingerprint density at radius 3 is 2.58 bits per heavy atom. The highest BCUT2D eigenvalue weighted by Crippen LogP contribution is 2.39. The maximum atomic E-state index is 11.4. The summed E-state index contributed by atoms with van der Waals surface area (Å²) in [5.74, 6) is 0.0137. The first-order valence-electron chi connectivity index (χ1n) is 7.99. The van der Waals surface area contributed by atoms with Crippen LogP contribution in [0.15, 0.2) is 77.2 Å². The molecule has 0 radical (unpaired) electrons. The van der Waals surface area contributed by atoms with E-state index in [9.17, 15) is 10.2 Å². The summed E-state index contributed by atoms with van der Waals surface area (Å²) >= 11 is 0. The lowest BCUT2D eigenvalue weighted by Crippen LogP contribution is -2.39. The molecule has 26 heavy (non-hydrogen) atoms. The Labute approximate surface area is 148 Å².